The quantitative estimate of drug-likeness (QED) is 0.495. The first kappa shape index (κ1) is 28.0. The molecular weight excluding hydrogens is 410 g/mol. The van der Waals surface area contributed by atoms with E-state index in [1.54, 1.807) is 18.1 Å². The van der Waals surface area contributed by atoms with Crippen molar-refractivity contribution in [1.82, 2.24) is 14.9 Å². The Morgan fingerprint density at radius 1 is 0.939 bits per heavy atom. The minimum Gasteiger partial charge on any atom is -0.388 e. The number of aromatic nitrogens is 2. The minimum absolute atomic E-state index is 0.216. The Kier molecular flexibility index (Phi) is 10.9. The van der Waals surface area contributed by atoms with Crippen molar-refractivity contribution >= 4 is 5.91 Å². The Bertz CT molecular complexity index is 1030. The lowest BCUT2D eigenvalue weighted by molar-refractivity contribution is 0.0616. The molecule has 2 aromatic carbocycles. The van der Waals surface area contributed by atoms with Gasteiger partial charge in [-0.15, -0.1) is 0 Å². The Balaban J connectivity index is 0.00000129. The lowest BCUT2D eigenvalue weighted by Gasteiger charge is -2.36. The number of carbonyl (C=O) groups is 1. The fourth-order valence-corrected chi connectivity index (χ4v) is 3.35. The maximum atomic E-state index is 13.6. The molecule has 178 valence electrons. The van der Waals surface area contributed by atoms with E-state index >= 15 is 0 Å². The van der Waals surface area contributed by atoms with Crippen LogP contribution in [0.5, 0.6) is 0 Å². The molecule has 0 bridgehead atoms. The highest BCUT2D eigenvalue weighted by molar-refractivity contribution is 5.99. The van der Waals surface area contributed by atoms with E-state index in [1.807, 2.05) is 104 Å². The zero-order valence-electron chi connectivity index (χ0n) is 21.6. The zero-order valence-corrected chi connectivity index (χ0v) is 21.6. The molecule has 0 aliphatic carbocycles. The molecule has 3 aromatic rings. The van der Waals surface area contributed by atoms with Crippen molar-refractivity contribution in [3.63, 3.8) is 0 Å². The molecule has 3 rings (SSSR count). The molecule has 0 saturated heterocycles. The second kappa shape index (κ2) is 12.9. The number of nitrogens with zero attached hydrogens (tertiary/aromatic N) is 3. The minimum atomic E-state index is -0.540. The Labute approximate surface area is 199 Å². The average molecular weight is 450 g/mol. The maximum absolute atomic E-state index is 13.6. The summed E-state index contributed by atoms with van der Waals surface area (Å²) in [5.74, 6) is 0.0141. The van der Waals surface area contributed by atoms with Crippen molar-refractivity contribution in [2.24, 2.45) is 0 Å². The van der Waals surface area contributed by atoms with Crippen LogP contribution in [0.25, 0.3) is 11.1 Å². The summed E-state index contributed by atoms with van der Waals surface area (Å²) < 4.78 is 0. The van der Waals surface area contributed by atoms with Gasteiger partial charge in [0.05, 0.1) is 5.54 Å². The first-order valence-electron chi connectivity index (χ1n) is 11.6. The van der Waals surface area contributed by atoms with Gasteiger partial charge in [0, 0.05) is 18.8 Å². The average Bonchev–Trinajstić information content (AvgIpc) is 2.87. The van der Waals surface area contributed by atoms with Crippen molar-refractivity contribution in [1.29, 1.82) is 0 Å². The van der Waals surface area contributed by atoms with Crippen LogP contribution in [-0.4, -0.2) is 32.9 Å². The van der Waals surface area contributed by atoms with Gasteiger partial charge in [-0.25, -0.2) is 9.97 Å². The topological polar surface area (TPSA) is 66.3 Å². The Morgan fingerprint density at radius 2 is 1.55 bits per heavy atom. The van der Waals surface area contributed by atoms with Crippen molar-refractivity contribution in [3.05, 3.63) is 82.9 Å². The van der Waals surface area contributed by atoms with Gasteiger partial charge < -0.3 is 10.0 Å². The van der Waals surface area contributed by atoms with Crippen LogP contribution in [0.2, 0.25) is 0 Å². The molecule has 0 radical (unpaired) electrons. The summed E-state index contributed by atoms with van der Waals surface area (Å²) >= 11 is 0. The van der Waals surface area contributed by atoms with E-state index in [4.69, 9.17) is 0 Å². The van der Waals surface area contributed by atoms with Crippen molar-refractivity contribution in [2.75, 3.05) is 7.05 Å². The number of rotatable bonds is 5. The second-order valence-corrected chi connectivity index (χ2v) is 7.74. The number of benzene rings is 2. The Hall–Kier alpha value is -3.05. The molecule has 0 atom stereocenters. The first-order chi connectivity index (χ1) is 15.8. The summed E-state index contributed by atoms with van der Waals surface area (Å²) in [6, 6.07) is 15.9. The van der Waals surface area contributed by atoms with Crippen LogP contribution in [0.1, 0.15) is 74.5 Å². The molecule has 0 unspecified atom stereocenters. The maximum Gasteiger partial charge on any atom is 0.273 e. The molecule has 5 nitrogen and oxygen atoms in total. The van der Waals surface area contributed by atoms with Gasteiger partial charge in [0.25, 0.3) is 5.91 Å². The number of aliphatic hydroxyl groups is 1. The molecule has 1 heterocycles. The third-order valence-electron chi connectivity index (χ3n) is 5.70. The van der Waals surface area contributed by atoms with Crippen LogP contribution >= 0.6 is 0 Å². The molecule has 5 heteroatoms. The van der Waals surface area contributed by atoms with E-state index in [-0.39, 0.29) is 18.3 Å². The van der Waals surface area contributed by atoms with Crippen LogP contribution in [0, 0.1) is 13.8 Å². The fourth-order valence-electron chi connectivity index (χ4n) is 3.35. The third-order valence-corrected chi connectivity index (χ3v) is 5.70. The SMILES string of the molecule is CC.CC.Cc1cccc(-c2cnc(CO)nc2C(=O)N(C)C(C)(C)c2ccccc2)c1C. The summed E-state index contributed by atoms with van der Waals surface area (Å²) in [6.07, 6.45) is 1.64. The highest BCUT2D eigenvalue weighted by Crippen LogP contribution is 2.32. The van der Waals surface area contributed by atoms with E-state index in [0.717, 1.165) is 22.3 Å². The highest BCUT2D eigenvalue weighted by atomic mass is 16.3. The van der Waals surface area contributed by atoms with Crippen LogP contribution in [-0.2, 0) is 12.1 Å². The monoisotopic (exact) mass is 449 g/mol. The standard InChI is InChI=1S/C24H27N3O2.2C2H6/c1-16-10-9-13-19(17(16)2)20-14-25-21(15-28)26-22(20)23(29)27(5)24(3,4)18-11-7-6-8-12-18;2*1-2/h6-14,28H,15H2,1-5H3;2*1-2H3. The molecule has 0 aliphatic heterocycles. The van der Waals surface area contributed by atoms with E-state index in [1.165, 1.54) is 0 Å². The Morgan fingerprint density at radius 3 is 2.12 bits per heavy atom. The van der Waals surface area contributed by atoms with Crippen molar-refractivity contribution in [2.45, 2.75) is 67.5 Å². The van der Waals surface area contributed by atoms with Crippen molar-refractivity contribution < 1.29 is 9.90 Å². The molecule has 0 fully saturated rings. The largest absolute Gasteiger partial charge is 0.388 e. The summed E-state index contributed by atoms with van der Waals surface area (Å²) in [5, 5.41) is 9.53. The van der Waals surface area contributed by atoms with E-state index in [2.05, 4.69) is 9.97 Å². The number of aliphatic hydroxyl groups excluding tert-OH is 1. The van der Waals surface area contributed by atoms with Gasteiger partial charge >= 0.3 is 0 Å². The fraction of sp³-hybridized carbons (Fsp3) is 0.393. The van der Waals surface area contributed by atoms with Crippen molar-refractivity contribution in [3.8, 4) is 11.1 Å². The van der Waals surface area contributed by atoms with Crippen LogP contribution < -0.4 is 0 Å². The van der Waals surface area contributed by atoms with Crippen LogP contribution in [0.15, 0.2) is 54.7 Å². The first-order valence-corrected chi connectivity index (χ1v) is 11.6. The predicted molar refractivity (Wildman–Crippen MR) is 137 cm³/mol. The van der Waals surface area contributed by atoms with Gasteiger partial charge in [-0.3, -0.25) is 4.79 Å². The number of amides is 1. The van der Waals surface area contributed by atoms with Gasteiger partial charge in [0.15, 0.2) is 5.82 Å². The van der Waals surface area contributed by atoms with Gasteiger partial charge in [0.1, 0.15) is 12.3 Å². The number of aryl methyl sites for hydroxylation is 1. The molecule has 1 N–H and O–H groups in total. The van der Waals surface area contributed by atoms with Gasteiger partial charge in [-0.1, -0.05) is 76.2 Å². The molecular formula is C28H39N3O2. The molecule has 0 spiro atoms. The third kappa shape index (κ3) is 6.26. The lowest BCUT2D eigenvalue weighted by Crippen LogP contribution is -2.43. The van der Waals surface area contributed by atoms with Crippen LogP contribution in [0.4, 0.5) is 0 Å². The molecule has 1 amide bonds. The summed E-state index contributed by atoms with van der Waals surface area (Å²) in [5.41, 5.74) is 4.58. The van der Waals surface area contributed by atoms with Gasteiger partial charge in [0.2, 0.25) is 0 Å². The van der Waals surface area contributed by atoms with Gasteiger partial charge in [-0.05, 0) is 49.9 Å². The lowest BCUT2D eigenvalue weighted by atomic mass is 9.91. The molecule has 33 heavy (non-hydrogen) atoms. The summed E-state index contributed by atoms with van der Waals surface area (Å²) in [4.78, 5) is 23.9. The van der Waals surface area contributed by atoms with Gasteiger partial charge in [-0.2, -0.15) is 0 Å². The van der Waals surface area contributed by atoms with E-state index in [0.29, 0.717) is 11.3 Å². The van der Waals surface area contributed by atoms with E-state index < -0.39 is 5.54 Å². The summed E-state index contributed by atoms with van der Waals surface area (Å²) in [7, 11) is 1.78. The smallest absolute Gasteiger partial charge is 0.273 e. The number of hydrogen-bond donors (Lipinski definition) is 1. The normalized spacial score (nSPS) is 10.4. The molecule has 0 saturated carbocycles. The number of carbonyl (C=O) groups excluding carboxylic acids is 1. The second-order valence-electron chi connectivity index (χ2n) is 7.74. The summed E-state index contributed by atoms with van der Waals surface area (Å²) in [6.45, 7) is 15.8. The van der Waals surface area contributed by atoms with E-state index in [9.17, 15) is 9.90 Å². The predicted octanol–water partition coefficient (Wildman–Crippen LogP) is 6.31. The molecule has 0 aliphatic rings. The zero-order chi connectivity index (χ0) is 25.2. The number of hydrogen-bond acceptors (Lipinski definition) is 4. The highest BCUT2D eigenvalue weighted by Gasteiger charge is 2.32. The van der Waals surface area contributed by atoms with Crippen LogP contribution in [0.3, 0.4) is 0 Å². The molecule has 1 aromatic heterocycles.